The molecule has 7 nitrogen and oxygen atoms in total. The smallest absolute Gasteiger partial charge is 0.256 e. The van der Waals surface area contributed by atoms with Crippen molar-refractivity contribution in [3.05, 3.63) is 95.8 Å². The molecule has 0 saturated heterocycles. The first kappa shape index (κ1) is 21.7. The Morgan fingerprint density at radius 3 is 2.41 bits per heavy atom. The van der Waals surface area contributed by atoms with Gasteiger partial charge in [0.2, 0.25) is 5.95 Å². The second-order valence-corrected chi connectivity index (χ2v) is 9.62. The third-order valence-corrected chi connectivity index (χ3v) is 6.73. The molecule has 0 bridgehead atoms. The summed E-state index contributed by atoms with van der Waals surface area (Å²) >= 11 is 0. The van der Waals surface area contributed by atoms with E-state index >= 15 is 0 Å². The van der Waals surface area contributed by atoms with E-state index in [2.05, 4.69) is 37.9 Å². The molecule has 0 radical (unpaired) electrons. The molecule has 34 heavy (non-hydrogen) atoms. The zero-order chi connectivity index (χ0) is 23.7. The van der Waals surface area contributed by atoms with Gasteiger partial charge in [-0.2, -0.15) is 0 Å². The van der Waals surface area contributed by atoms with Crippen LogP contribution in [0.2, 0.25) is 0 Å². The lowest BCUT2D eigenvalue weighted by Gasteiger charge is -2.08. The molecular weight excluding hydrogens is 446 g/mol. The lowest BCUT2D eigenvalue weighted by atomic mass is 10.0. The molecule has 0 fully saturated rings. The SMILES string of the molecule is Cc1ccc2c(C=Nc3ccc(S(=O)(=O)Nc4nccc(C)n4)cc3)c3ccccc3nc2c1. The van der Waals surface area contributed by atoms with Crippen LogP contribution in [-0.4, -0.2) is 29.6 Å². The van der Waals surface area contributed by atoms with Crippen molar-refractivity contribution in [2.24, 2.45) is 4.99 Å². The minimum absolute atomic E-state index is 0.0359. The third kappa shape index (κ3) is 4.35. The molecule has 168 valence electrons. The molecule has 5 rings (SSSR count). The molecule has 3 aromatic carbocycles. The monoisotopic (exact) mass is 467 g/mol. The standard InChI is InChI=1S/C26H21N5O2S/c1-17-7-12-22-23(21-5-3-4-6-24(21)30-25(22)15-17)16-28-19-8-10-20(11-9-19)34(32,33)31-26-27-14-13-18(2)29-26/h3-16H,1-2H3,(H,27,29,31). The number of pyridine rings is 1. The number of fused-ring (bicyclic) bond motifs is 2. The average Bonchev–Trinajstić information content (AvgIpc) is 2.81. The van der Waals surface area contributed by atoms with Crippen molar-refractivity contribution >= 4 is 49.7 Å². The van der Waals surface area contributed by atoms with Gasteiger partial charge in [-0.05, 0) is 61.9 Å². The summed E-state index contributed by atoms with van der Waals surface area (Å²) in [6.45, 7) is 3.81. The van der Waals surface area contributed by atoms with E-state index in [4.69, 9.17) is 4.98 Å². The van der Waals surface area contributed by atoms with Crippen molar-refractivity contribution in [1.29, 1.82) is 0 Å². The van der Waals surface area contributed by atoms with Crippen LogP contribution in [0, 0.1) is 13.8 Å². The van der Waals surface area contributed by atoms with E-state index in [1.807, 2.05) is 37.4 Å². The summed E-state index contributed by atoms with van der Waals surface area (Å²) in [5.41, 5.74) is 5.21. The van der Waals surface area contributed by atoms with Gasteiger partial charge in [0.15, 0.2) is 0 Å². The summed E-state index contributed by atoms with van der Waals surface area (Å²) in [6.07, 6.45) is 3.32. The Labute approximate surface area is 197 Å². The maximum atomic E-state index is 12.7. The summed E-state index contributed by atoms with van der Waals surface area (Å²) in [5.74, 6) is 0.0359. The Hall–Kier alpha value is -4.17. The fraction of sp³-hybridized carbons (Fsp3) is 0.0769. The summed E-state index contributed by atoms with van der Waals surface area (Å²) < 4.78 is 27.8. The van der Waals surface area contributed by atoms with Gasteiger partial charge in [0, 0.05) is 34.4 Å². The van der Waals surface area contributed by atoms with Crippen molar-refractivity contribution in [3.8, 4) is 0 Å². The Morgan fingerprint density at radius 2 is 1.62 bits per heavy atom. The topological polar surface area (TPSA) is 97.2 Å². The molecule has 0 saturated carbocycles. The van der Waals surface area contributed by atoms with Crippen LogP contribution in [0.1, 0.15) is 16.8 Å². The van der Waals surface area contributed by atoms with Crippen molar-refractivity contribution in [2.75, 3.05) is 4.72 Å². The molecule has 1 N–H and O–H groups in total. The predicted octanol–water partition coefficient (Wildman–Crippen LogP) is 5.35. The maximum Gasteiger partial charge on any atom is 0.264 e. The Bertz CT molecular complexity index is 1660. The highest BCUT2D eigenvalue weighted by Crippen LogP contribution is 2.26. The number of nitrogens with zero attached hydrogens (tertiary/aromatic N) is 4. The van der Waals surface area contributed by atoms with E-state index in [1.165, 1.54) is 18.3 Å². The molecule has 0 amide bonds. The second-order valence-electron chi connectivity index (χ2n) is 7.94. The first-order chi connectivity index (χ1) is 16.4. The molecule has 5 aromatic rings. The number of benzene rings is 3. The van der Waals surface area contributed by atoms with Gasteiger partial charge in [0.05, 0.1) is 21.6 Å². The summed E-state index contributed by atoms with van der Waals surface area (Å²) in [4.78, 5) is 17.6. The molecule has 2 heterocycles. The van der Waals surface area contributed by atoms with Crippen LogP contribution in [-0.2, 0) is 10.0 Å². The molecule has 8 heteroatoms. The minimum Gasteiger partial charge on any atom is -0.256 e. The van der Waals surface area contributed by atoms with Crippen molar-refractivity contribution in [3.63, 3.8) is 0 Å². The van der Waals surface area contributed by atoms with Crippen LogP contribution in [0.15, 0.2) is 88.9 Å². The normalized spacial score (nSPS) is 11.9. The molecular formula is C26H21N5O2S. The number of sulfonamides is 1. The summed E-state index contributed by atoms with van der Waals surface area (Å²) in [7, 11) is -3.81. The van der Waals surface area contributed by atoms with Gasteiger partial charge in [-0.1, -0.05) is 30.3 Å². The lowest BCUT2D eigenvalue weighted by molar-refractivity contribution is 0.601. The fourth-order valence-corrected chi connectivity index (χ4v) is 4.65. The largest absolute Gasteiger partial charge is 0.264 e. The predicted molar refractivity (Wildman–Crippen MR) is 135 cm³/mol. The van der Waals surface area contributed by atoms with E-state index in [0.29, 0.717) is 11.4 Å². The number of hydrogen-bond acceptors (Lipinski definition) is 6. The molecule has 2 aromatic heterocycles. The number of nitrogens with one attached hydrogen (secondary N) is 1. The number of aliphatic imine (C=N–C) groups is 1. The highest BCUT2D eigenvalue weighted by Gasteiger charge is 2.15. The molecule has 0 aliphatic carbocycles. The zero-order valence-electron chi connectivity index (χ0n) is 18.6. The first-order valence-corrected chi connectivity index (χ1v) is 12.1. The van der Waals surface area contributed by atoms with Gasteiger partial charge < -0.3 is 0 Å². The molecule has 0 aliphatic rings. The number of aryl methyl sites for hydroxylation is 2. The van der Waals surface area contributed by atoms with E-state index in [9.17, 15) is 8.42 Å². The summed E-state index contributed by atoms with van der Waals surface area (Å²) in [5, 5.41) is 2.01. The van der Waals surface area contributed by atoms with Crippen LogP contribution in [0.25, 0.3) is 21.8 Å². The number of anilines is 1. The fourth-order valence-electron chi connectivity index (χ4n) is 3.70. The van der Waals surface area contributed by atoms with Gasteiger partial charge in [0.1, 0.15) is 0 Å². The van der Waals surface area contributed by atoms with E-state index in [-0.39, 0.29) is 10.8 Å². The number of aromatic nitrogens is 3. The minimum atomic E-state index is -3.81. The van der Waals surface area contributed by atoms with Crippen LogP contribution < -0.4 is 4.72 Å². The van der Waals surface area contributed by atoms with Gasteiger partial charge in [0.25, 0.3) is 10.0 Å². The maximum absolute atomic E-state index is 12.7. The van der Waals surface area contributed by atoms with E-state index < -0.39 is 10.0 Å². The van der Waals surface area contributed by atoms with Gasteiger partial charge in [-0.25, -0.2) is 28.1 Å². The van der Waals surface area contributed by atoms with Crippen LogP contribution in [0.4, 0.5) is 11.6 Å². The van der Waals surface area contributed by atoms with Crippen molar-refractivity contribution in [1.82, 2.24) is 15.0 Å². The highest BCUT2D eigenvalue weighted by molar-refractivity contribution is 7.92. The third-order valence-electron chi connectivity index (χ3n) is 5.39. The lowest BCUT2D eigenvalue weighted by Crippen LogP contribution is -2.15. The molecule has 0 unspecified atom stereocenters. The Morgan fingerprint density at radius 1 is 0.853 bits per heavy atom. The molecule has 0 spiro atoms. The van der Waals surface area contributed by atoms with Gasteiger partial charge in [-0.3, -0.25) is 4.99 Å². The zero-order valence-corrected chi connectivity index (χ0v) is 19.4. The van der Waals surface area contributed by atoms with Crippen LogP contribution in [0.5, 0.6) is 0 Å². The van der Waals surface area contributed by atoms with Gasteiger partial charge >= 0.3 is 0 Å². The second kappa shape index (κ2) is 8.64. The van der Waals surface area contributed by atoms with E-state index in [0.717, 1.165) is 32.9 Å². The molecule has 0 atom stereocenters. The van der Waals surface area contributed by atoms with Crippen molar-refractivity contribution < 1.29 is 8.42 Å². The Balaban J connectivity index is 1.47. The Kier molecular flexibility index (Phi) is 5.51. The summed E-state index contributed by atoms with van der Waals surface area (Å²) in [6, 6.07) is 22.2. The van der Waals surface area contributed by atoms with Crippen LogP contribution in [0.3, 0.4) is 0 Å². The highest BCUT2D eigenvalue weighted by atomic mass is 32.2. The van der Waals surface area contributed by atoms with Gasteiger partial charge in [-0.15, -0.1) is 0 Å². The number of rotatable bonds is 5. The quantitative estimate of drug-likeness (QED) is 0.278. The first-order valence-electron chi connectivity index (χ1n) is 10.6. The number of hydrogen-bond donors (Lipinski definition) is 1. The van der Waals surface area contributed by atoms with Crippen molar-refractivity contribution in [2.45, 2.75) is 18.7 Å². The number of para-hydroxylation sites is 1. The molecule has 0 aliphatic heterocycles. The van der Waals surface area contributed by atoms with Crippen LogP contribution >= 0.6 is 0 Å². The van der Waals surface area contributed by atoms with E-state index in [1.54, 1.807) is 25.1 Å². The average molecular weight is 468 g/mol.